The van der Waals surface area contributed by atoms with Crippen LogP contribution in [0.25, 0.3) is 0 Å². The number of benzene rings is 2. The maximum atomic E-state index is 13.4. The predicted molar refractivity (Wildman–Crippen MR) is 83.3 cm³/mol. The van der Waals surface area contributed by atoms with Crippen molar-refractivity contribution in [1.29, 1.82) is 5.26 Å². The third-order valence-corrected chi connectivity index (χ3v) is 3.28. The monoisotopic (exact) mass is 283 g/mol. The first-order chi connectivity index (χ1) is 10.1. The molecule has 0 aliphatic carbocycles. The smallest absolute Gasteiger partial charge is 0.123 e. The molecular weight excluding hydrogens is 265 g/mol. The van der Waals surface area contributed by atoms with Crippen molar-refractivity contribution in [3.8, 4) is 6.07 Å². The van der Waals surface area contributed by atoms with Gasteiger partial charge in [0.25, 0.3) is 0 Å². The average molecular weight is 283 g/mol. The second kappa shape index (κ2) is 6.76. The molecule has 2 aromatic carbocycles. The topological polar surface area (TPSA) is 53.0 Å². The molecule has 0 aliphatic rings. The zero-order chi connectivity index (χ0) is 15.2. The number of hydrogen-bond acceptors (Lipinski definition) is 3. The van der Waals surface area contributed by atoms with Gasteiger partial charge < -0.3 is 10.6 Å². The Hall–Kier alpha value is -2.54. The Bertz CT molecular complexity index is 661. The predicted octanol–water partition coefficient (Wildman–Crippen LogP) is 3.70. The molecule has 3 nitrogen and oxygen atoms in total. The van der Waals surface area contributed by atoms with E-state index in [-0.39, 0.29) is 5.82 Å². The number of nitrogens with two attached hydrogens (primary N) is 1. The van der Waals surface area contributed by atoms with Crippen LogP contribution in [-0.4, -0.2) is 6.54 Å². The highest BCUT2D eigenvalue weighted by molar-refractivity contribution is 5.56. The van der Waals surface area contributed by atoms with Crippen LogP contribution in [0.1, 0.15) is 24.5 Å². The first-order valence-electron chi connectivity index (χ1n) is 6.93. The fourth-order valence-corrected chi connectivity index (χ4v) is 2.30. The van der Waals surface area contributed by atoms with Gasteiger partial charge in [-0.1, -0.05) is 13.0 Å². The molecule has 2 rings (SSSR count). The second-order valence-corrected chi connectivity index (χ2v) is 4.93. The van der Waals surface area contributed by atoms with E-state index in [9.17, 15) is 4.39 Å². The van der Waals surface area contributed by atoms with Gasteiger partial charge in [-0.2, -0.15) is 5.26 Å². The van der Waals surface area contributed by atoms with E-state index in [0.717, 1.165) is 18.7 Å². The number of rotatable bonds is 5. The Labute approximate surface area is 124 Å². The molecule has 0 saturated carbocycles. The third-order valence-electron chi connectivity index (χ3n) is 3.28. The van der Waals surface area contributed by atoms with Crippen LogP contribution in [0.15, 0.2) is 42.5 Å². The van der Waals surface area contributed by atoms with Gasteiger partial charge in [0.05, 0.1) is 11.6 Å². The zero-order valence-electron chi connectivity index (χ0n) is 12.0. The van der Waals surface area contributed by atoms with Crippen molar-refractivity contribution in [3.05, 3.63) is 59.4 Å². The van der Waals surface area contributed by atoms with Crippen LogP contribution in [0.4, 0.5) is 15.8 Å². The zero-order valence-corrected chi connectivity index (χ0v) is 12.0. The van der Waals surface area contributed by atoms with Crippen LogP contribution >= 0.6 is 0 Å². The van der Waals surface area contributed by atoms with Gasteiger partial charge in [0.15, 0.2) is 0 Å². The molecule has 0 amide bonds. The van der Waals surface area contributed by atoms with E-state index in [1.165, 1.54) is 18.2 Å². The van der Waals surface area contributed by atoms with Crippen molar-refractivity contribution in [2.75, 3.05) is 17.2 Å². The molecule has 0 fully saturated rings. The summed E-state index contributed by atoms with van der Waals surface area (Å²) in [6.07, 6.45) is 0.950. The van der Waals surface area contributed by atoms with Gasteiger partial charge >= 0.3 is 0 Å². The molecule has 0 atom stereocenters. The molecule has 4 heteroatoms. The maximum Gasteiger partial charge on any atom is 0.123 e. The minimum Gasteiger partial charge on any atom is -0.399 e. The molecule has 0 heterocycles. The van der Waals surface area contributed by atoms with Gasteiger partial charge in [-0.25, -0.2) is 4.39 Å². The van der Waals surface area contributed by atoms with E-state index in [0.29, 0.717) is 23.4 Å². The lowest BCUT2D eigenvalue weighted by atomic mass is 10.1. The maximum absolute atomic E-state index is 13.4. The van der Waals surface area contributed by atoms with E-state index >= 15 is 0 Å². The van der Waals surface area contributed by atoms with Crippen molar-refractivity contribution in [2.45, 2.75) is 19.9 Å². The molecule has 2 N–H and O–H groups in total. The molecule has 0 radical (unpaired) electrons. The van der Waals surface area contributed by atoms with Crippen LogP contribution in [0, 0.1) is 17.1 Å². The average Bonchev–Trinajstić information content (AvgIpc) is 2.47. The van der Waals surface area contributed by atoms with E-state index in [1.807, 2.05) is 24.3 Å². The summed E-state index contributed by atoms with van der Waals surface area (Å²) in [5.41, 5.74) is 8.68. The minimum atomic E-state index is -0.326. The van der Waals surface area contributed by atoms with Crippen molar-refractivity contribution >= 4 is 11.4 Å². The van der Waals surface area contributed by atoms with Gasteiger partial charge in [0.1, 0.15) is 5.82 Å². The van der Waals surface area contributed by atoms with Crippen molar-refractivity contribution in [1.82, 2.24) is 0 Å². The lowest BCUT2D eigenvalue weighted by Gasteiger charge is -2.25. The van der Waals surface area contributed by atoms with Gasteiger partial charge in [0, 0.05) is 24.5 Å². The molecule has 0 saturated heterocycles. The number of nitrogens with zero attached hydrogens (tertiary/aromatic N) is 2. The third kappa shape index (κ3) is 3.73. The molecule has 108 valence electrons. The van der Waals surface area contributed by atoms with E-state index in [4.69, 9.17) is 11.0 Å². The SMILES string of the molecule is CCCN(Cc1cc(F)ccc1C#N)c1cccc(N)c1. The largest absolute Gasteiger partial charge is 0.399 e. The van der Waals surface area contributed by atoms with Crippen LogP contribution in [0.5, 0.6) is 0 Å². The number of nitrogen functional groups attached to an aromatic ring is 1. The molecule has 0 aromatic heterocycles. The Morgan fingerprint density at radius 2 is 2.05 bits per heavy atom. The number of halogens is 1. The molecule has 0 bridgehead atoms. The summed E-state index contributed by atoms with van der Waals surface area (Å²) in [6, 6.07) is 14.0. The first-order valence-corrected chi connectivity index (χ1v) is 6.93. The van der Waals surface area contributed by atoms with Crippen LogP contribution in [-0.2, 0) is 6.54 Å². The lowest BCUT2D eigenvalue weighted by Crippen LogP contribution is -2.24. The summed E-state index contributed by atoms with van der Waals surface area (Å²) < 4.78 is 13.4. The fraction of sp³-hybridized carbons (Fsp3) is 0.235. The minimum absolute atomic E-state index is 0.326. The first kappa shape index (κ1) is 14.9. The quantitative estimate of drug-likeness (QED) is 0.851. The van der Waals surface area contributed by atoms with Crippen LogP contribution in [0.2, 0.25) is 0 Å². The Kier molecular flexibility index (Phi) is 4.78. The number of nitriles is 1. The molecule has 0 aliphatic heterocycles. The Balaban J connectivity index is 2.33. The molecule has 0 unspecified atom stereocenters. The van der Waals surface area contributed by atoms with Gasteiger partial charge in [-0.3, -0.25) is 0 Å². The summed E-state index contributed by atoms with van der Waals surface area (Å²) in [5, 5.41) is 9.16. The summed E-state index contributed by atoms with van der Waals surface area (Å²) in [6.45, 7) is 3.37. The van der Waals surface area contributed by atoms with Crippen molar-refractivity contribution < 1.29 is 4.39 Å². The van der Waals surface area contributed by atoms with E-state index in [2.05, 4.69) is 17.9 Å². The Morgan fingerprint density at radius 3 is 2.71 bits per heavy atom. The van der Waals surface area contributed by atoms with Crippen LogP contribution in [0.3, 0.4) is 0 Å². The lowest BCUT2D eigenvalue weighted by molar-refractivity contribution is 0.624. The standard InChI is InChI=1S/C17H18FN3/c1-2-8-21(17-5-3-4-16(20)10-17)12-14-9-15(18)7-6-13(14)11-19/h3-7,9-10H,2,8,12,20H2,1H3. The van der Waals surface area contributed by atoms with Crippen molar-refractivity contribution in [2.24, 2.45) is 0 Å². The summed E-state index contributed by atoms with van der Waals surface area (Å²) >= 11 is 0. The van der Waals surface area contributed by atoms with Gasteiger partial charge in [-0.15, -0.1) is 0 Å². The molecular formula is C17H18FN3. The number of hydrogen-bond donors (Lipinski definition) is 1. The van der Waals surface area contributed by atoms with Gasteiger partial charge in [-0.05, 0) is 48.4 Å². The fourth-order valence-electron chi connectivity index (χ4n) is 2.30. The molecule has 2 aromatic rings. The number of anilines is 2. The van der Waals surface area contributed by atoms with Gasteiger partial charge in [0.2, 0.25) is 0 Å². The van der Waals surface area contributed by atoms with Crippen LogP contribution < -0.4 is 10.6 Å². The highest BCUT2D eigenvalue weighted by atomic mass is 19.1. The molecule has 21 heavy (non-hydrogen) atoms. The molecule has 0 spiro atoms. The summed E-state index contributed by atoms with van der Waals surface area (Å²) in [7, 11) is 0. The van der Waals surface area contributed by atoms with E-state index < -0.39 is 0 Å². The highest BCUT2D eigenvalue weighted by Gasteiger charge is 2.11. The second-order valence-electron chi connectivity index (χ2n) is 4.93. The highest BCUT2D eigenvalue weighted by Crippen LogP contribution is 2.22. The summed E-state index contributed by atoms with van der Waals surface area (Å²) in [4.78, 5) is 2.10. The van der Waals surface area contributed by atoms with Crippen molar-refractivity contribution in [3.63, 3.8) is 0 Å². The summed E-state index contributed by atoms with van der Waals surface area (Å²) in [5.74, 6) is -0.326. The Morgan fingerprint density at radius 1 is 1.24 bits per heavy atom. The van der Waals surface area contributed by atoms with E-state index in [1.54, 1.807) is 0 Å². The normalized spacial score (nSPS) is 10.1.